The van der Waals surface area contributed by atoms with Gasteiger partial charge in [0.15, 0.2) is 0 Å². The van der Waals surface area contributed by atoms with Crippen LogP contribution in [-0.2, 0) is 17.8 Å². The number of para-hydroxylation sites is 2. The number of aryl methyl sites for hydroxylation is 2. The summed E-state index contributed by atoms with van der Waals surface area (Å²) in [6.07, 6.45) is 2.49. The number of benzene rings is 2. The van der Waals surface area contributed by atoms with Gasteiger partial charge in [-0.05, 0) is 56.2 Å². The number of rotatable bonds is 11. The van der Waals surface area contributed by atoms with Crippen LogP contribution in [0, 0.1) is 0 Å². The molecule has 0 radical (unpaired) electrons. The number of fused-ring (bicyclic) bond motifs is 1. The molecule has 1 heterocycles. The highest BCUT2D eigenvalue weighted by atomic mass is 16.5. The average molecular weight is 408 g/mol. The maximum absolute atomic E-state index is 11.6. The fourth-order valence-corrected chi connectivity index (χ4v) is 3.25. The van der Waals surface area contributed by atoms with E-state index in [9.17, 15) is 4.79 Å². The topological polar surface area (TPSA) is 65.4 Å². The third-order valence-corrected chi connectivity index (χ3v) is 4.84. The number of carbonyl (C=O) groups excluding carboxylic acids is 1. The van der Waals surface area contributed by atoms with Crippen LogP contribution in [0.1, 0.15) is 25.6 Å². The quantitative estimate of drug-likeness (QED) is 0.383. The summed E-state index contributed by atoms with van der Waals surface area (Å²) in [6.45, 7) is 7.42. The summed E-state index contributed by atoms with van der Waals surface area (Å²) in [5, 5.41) is 2.88. The Morgan fingerprint density at radius 3 is 2.57 bits per heavy atom. The number of ether oxygens (including phenoxy) is 2. The molecule has 0 saturated heterocycles. The van der Waals surface area contributed by atoms with Crippen LogP contribution in [0.4, 0.5) is 0 Å². The Morgan fingerprint density at radius 2 is 1.83 bits per heavy atom. The Hall–Kier alpha value is -3.28. The maximum Gasteiger partial charge on any atom is 0.246 e. The van der Waals surface area contributed by atoms with Gasteiger partial charge in [0, 0.05) is 25.1 Å². The minimum absolute atomic E-state index is 0.0980. The molecule has 1 aromatic heterocycles. The van der Waals surface area contributed by atoms with Gasteiger partial charge in [-0.15, -0.1) is 0 Å². The number of carbonyl (C=O) groups is 1. The molecule has 0 fully saturated rings. The SMILES string of the molecule is C=C(C)C(=O)NCCCc1nc2ccccc2n1CCCOc1ccc(OC)cc1. The van der Waals surface area contributed by atoms with Gasteiger partial charge in [-0.2, -0.15) is 0 Å². The molecule has 1 N–H and O–H groups in total. The first kappa shape index (κ1) is 21.4. The van der Waals surface area contributed by atoms with E-state index in [0.29, 0.717) is 18.7 Å². The molecule has 6 nitrogen and oxygen atoms in total. The van der Waals surface area contributed by atoms with Gasteiger partial charge in [-0.3, -0.25) is 4.79 Å². The largest absolute Gasteiger partial charge is 0.497 e. The minimum atomic E-state index is -0.0980. The first-order valence-corrected chi connectivity index (χ1v) is 10.2. The lowest BCUT2D eigenvalue weighted by Gasteiger charge is -2.11. The number of nitrogens with one attached hydrogen (secondary N) is 1. The number of nitrogens with zero attached hydrogens (tertiary/aromatic N) is 2. The van der Waals surface area contributed by atoms with Crippen LogP contribution >= 0.6 is 0 Å². The van der Waals surface area contributed by atoms with Crippen molar-refractivity contribution in [3.63, 3.8) is 0 Å². The first-order valence-electron chi connectivity index (χ1n) is 10.2. The third kappa shape index (κ3) is 5.63. The van der Waals surface area contributed by atoms with Gasteiger partial charge in [0.05, 0.1) is 24.8 Å². The van der Waals surface area contributed by atoms with Crippen LogP contribution < -0.4 is 14.8 Å². The number of hydrogen-bond donors (Lipinski definition) is 1. The van der Waals surface area contributed by atoms with E-state index in [0.717, 1.165) is 54.2 Å². The van der Waals surface area contributed by atoms with Gasteiger partial charge in [-0.25, -0.2) is 4.98 Å². The van der Waals surface area contributed by atoms with Crippen molar-refractivity contribution in [1.29, 1.82) is 0 Å². The van der Waals surface area contributed by atoms with Crippen molar-refractivity contribution in [2.24, 2.45) is 0 Å². The Bertz CT molecular complexity index is 993. The summed E-state index contributed by atoms with van der Waals surface area (Å²) >= 11 is 0. The summed E-state index contributed by atoms with van der Waals surface area (Å²) in [4.78, 5) is 16.4. The van der Waals surface area contributed by atoms with Crippen LogP contribution in [0.15, 0.2) is 60.7 Å². The first-order chi connectivity index (χ1) is 14.6. The highest BCUT2D eigenvalue weighted by Gasteiger charge is 2.10. The van der Waals surface area contributed by atoms with Gasteiger partial charge in [0.1, 0.15) is 17.3 Å². The number of methoxy groups -OCH3 is 1. The second-order valence-electron chi connectivity index (χ2n) is 7.19. The molecule has 0 saturated carbocycles. The van der Waals surface area contributed by atoms with Crippen molar-refractivity contribution >= 4 is 16.9 Å². The molecule has 3 rings (SSSR count). The zero-order valence-corrected chi connectivity index (χ0v) is 17.7. The summed E-state index contributed by atoms with van der Waals surface area (Å²) in [5.74, 6) is 2.58. The second kappa shape index (κ2) is 10.5. The third-order valence-electron chi connectivity index (χ3n) is 4.84. The fourth-order valence-electron chi connectivity index (χ4n) is 3.25. The number of hydrogen-bond acceptors (Lipinski definition) is 4. The number of amides is 1. The molecular formula is C24H29N3O3. The van der Waals surface area contributed by atoms with E-state index in [4.69, 9.17) is 14.5 Å². The molecule has 0 aliphatic rings. The molecule has 0 spiro atoms. The van der Waals surface area contributed by atoms with E-state index in [-0.39, 0.29) is 5.91 Å². The van der Waals surface area contributed by atoms with E-state index >= 15 is 0 Å². The Kier molecular flexibility index (Phi) is 7.49. The van der Waals surface area contributed by atoms with E-state index in [2.05, 4.69) is 22.5 Å². The molecule has 3 aromatic rings. The fraction of sp³-hybridized carbons (Fsp3) is 0.333. The van der Waals surface area contributed by atoms with E-state index in [1.54, 1.807) is 14.0 Å². The molecule has 0 bridgehead atoms. The van der Waals surface area contributed by atoms with Gasteiger partial charge < -0.3 is 19.4 Å². The van der Waals surface area contributed by atoms with Crippen LogP contribution in [0.3, 0.4) is 0 Å². The van der Waals surface area contributed by atoms with Gasteiger partial charge in [0.2, 0.25) is 5.91 Å². The number of aromatic nitrogens is 2. The van der Waals surface area contributed by atoms with Crippen molar-refractivity contribution < 1.29 is 14.3 Å². The van der Waals surface area contributed by atoms with Gasteiger partial charge in [0.25, 0.3) is 0 Å². The molecule has 0 atom stereocenters. The van der Waals surface area contributed by atoms with E-state index in [1.807, 2.05) is 42.5 Å². The number of imidazole rings is 1. The highest BCUT2D eigenvalue weighted by Crippen LogP contribution is 2.19. The molecular weight excluding hydrogens is 378 g/mol. The Balaban J connectivity index is 1.57. The monoisotopic (exact) mass is 407 g/mol. The normalized spacial score (nSPS) is 10.7. The van der Waals surface area contributed by atoms with Crippen molar-refractivity contribution in [1.82, 2.24) is 14.9 Å². The summed E-state index contributed by atoms with van der Waals surface area (Å²) in [5.41, 5.74) is 2.65. The lowest BCUT2D eigenvalue weighted by Crippen LogP contribution is -2.25. The van der Waals surface area contributed by atoms with Gasteiger partial charge >= 0.3 is 0 Å². The van der Waals surface area contributed by atoms with Crippen LogP contribution in [-0.4, -0.2) is 35.7 Å². The summed E-state index contributed by atoms with van der Waals surface area (Å²) in [7, 11) is 1.65. The maximum atomic E-state index is 11.6. The van der Waals surface area contributed by atoms with E-state index < -0.39 is 0 Å². The van der Waals surface area contributed by atoms with E-state index in [1.165, 1.54) is 0 Å². The molecule has 30 heavy (non-hydrogen) atoms. The van der Waals surface area contributed by atoms with Crippen molar-refractivity contribution in [3.8, 4) is 11.5 Å². The molecule has 0 aliphatic carbocycles. The summed E-state index contributed by atoms with van der Waals surface area (Å²) < 4.78 is 13.3. The van der Waals surface area contributed by atoms with Crippen molar-refractivity contribution in [2.75, 3.05) is 20.3 Å². The lowest BCUT2D eigenvalue weighted by molar-refractivity contribution is -0.117. The Labute approximate surface area is 177 Å². The highest BCUT2D eigenvalue weighted by molar-refractivity contribution is 5.92. The predicted octanol–water partition coefficient (Wildman–Crippen LogP) is 4.14. The molecule has 0 unspecified atom stereocenters. The molecule has 158 valence electrons. The zero-order chi connectivity index (χ0) is 21.3. The van der Waals surface area contributed by atoms with Crippen LogP contribution in [0.25, 0.3) is 11.0 Å². The second-order valence-corrected chi connectivity index (χ2v) is 7.19. The Morgan fingerprint density at radius 1 is 1.10 bits per heavy atom. The van der Waals surface area contributed by atoms with Crippen molar-refractivity contribution in [3.05, 3.63) is 66.5 Å². The van der Waals surface area contributed by atoms with Crippen molar-refractivity contribution in [2.45, 2.75) is 32.7 Å². The standard InChI is InChI=1S/C24H29N3O3/c1-18(2)24(28)25-15-6-10-23-26-21-8-4-5-9-22(21)27(23)16-7-17-30-20-13-11-19(29-3)12-14-20/h4-5,8-9,11-14H,1,6-7,10,15-17H2,2-3H3,(H,25,28). The molecule has 1 amide bonds. The van der Waals surface area contributed by atoms with Crippen LogP contribution in [0.5, 0.6) is 11.5 Å². The minimum Gasteiger partial charge on any atom is -0.497 e. The molecule has 2 aromatic carbocycles. The van der Waals surface area contributed by atoms with Gasteiger partial charge in [-0.1, -0.05) is 18.7 Å². The predicted molar refractivity (Wildman–Crippen MR) is 119 cm³/mol. The zero-order valence-electron chi connectivity index (χ0n) is 17.7. The smallest absolute Gasteiger partial charge is 0.246 e. The average Bonchev–Trinajstić information content (AvgIpc) is 3.11. The van der Waals surface area contributed by atoms with Crippen LogP contribution in [0.2, 0.25) is 0 Å². The molecule has 6 heteroatoms. The lowest BCUT2D eigenvalue weighted by atomic mass is 10.2. The summed E-state index contributed by atoms with van der Waals surface area (Å²) in [6, 6.07) is 15.8. The molecule has 0 aliphatic heterocycles.